The summed E-state index contributed by atoms with van der Waals surface area (Å²) in [6.45, 7) is 5.74. The molecule has 0 atom stereocenters. The van der Waals surface area contributed by atoms with E-state index in [0.717, 1.165) is 26.2 Å². The first-order valence-electron chi connectivity index (χ1n) is 8.55. The molecule has 0 radical (unpaired) electrons. The molecule has 9 nitrogen and oxygen atoms in total. The summed E-state index contributed by atoms with van der Waals surface area (Å²) in [5.41, 5.74) is 0.303. The molecule has 0 unspecified atom stereocenters. The summed E-state index contributed by atoms with van der Waals surface area (Å²) in [4.78, 5) is 27.3. The number of nitrogens with zero attached hydrogens (tertiary/aromatic N) is 5. The summed E-state index contributed by atoms with van der Waals surface area (Å²) >= 11 is 0. The average Bonchev–Trinajstić information content (AvgIpc) is 3.23. The van der Waals surface area contributed by atoms with E-state index in [1.165, 1.54) is 19.3 Å². The SMILES string of the molecule is O=C(NCCN1CCOC1=O)c1cn(CCN2CCCCC2)nn1. The number of cyclic esters (lactones) is 1. The quantitative estimate of drug-likeness (QED) is 0.750. The lowest BCUT2D eigenvalue weighted by Gasteiger charge is -2.25. The molecule has 0 aromatic carbocycles. The highest BCUT2D eigenvalue weighted by molar-refractivity contribution is 5.91. The Balaban J connectivity index is 1.39. The second-order valence-electron chi connectivity index (χ2n) is 6.13. The van der Waals surface area contributed by atoms with Gasteiger partial charge in [0.2, 0.25) is 0 Å². The van der Waals surface area contributed by atoms with Gasteiger partial charge in [0, 0.05) is 19.6 Å². The van der Waals surface area contributed by atoms with Crippen LogP contribution in [0.25, 0.3) is 0 Å². The van der Waals surface area contributed by atoms with Crippen molar-refractivity contribution in [1.82, 2.24) is 30.1 Å². The molecule has 1 N–H and O–H groups in total. The summed E-state index contributed by atoms with van der Waals surface area (Å²) in [5.74, 6) is -0.271. The van der Waals surface area contributed by atoms with Crippen LogP contribution >= 0.6 is 0 Å². The molecule has 132 valence electrons. The third kappa shape index (κ3) is 4.44. The largest absolute Gasteiger partial charge is 0.448 e. The summed E-state index contributed by atoms with van der Waals surface area (Å²) in [6, 6.07) is 0. The summed E-state index contributed by atoms with van der Waals surface area (Å²) in [5, 5.41) is 10.7. The van der Waals surface area contributed by atoms with Crippen LogP contribution in [0.5, 0.6) is 0 Å². The highest BCUT2D eigenvalue weighted by Gasteiger charge is 2.21. The van der Waals surface area contributed by atoms with Gasteiger partial charge in [-0.25, -0.2) is 4.79 Å². The zero-order valence-corrected chi connectivity index (χ0v) is 13.8. The minimum atomic E-state index is -0.326. The zero-order valence-electron chi connectivity index (χ0n) is 13.8. The van der Waals surface area contributed by atoms with Crippen LogP contribution < -0.4 is 5.32 Å². The van der Waals surface area contributed by atoms with Gasteiger partial charge >= 0.3 is 6.09 Å². The molecular weight excluding hydrogens is 312 g/mol. The lowest BCUT2D eigenvalue weighted by Crippen LogP contribution is -2.35. The van der Waals surface area contributed by atoms with E-state index in [1.807, 2.05) is 0 Å². The van der Waals surface area contributed by atoms with E-state index in [-0.39, 0.29) is 12.0 Å². The van der Waals surface area contributed by atoms with E-state index in [2.05, 4.69) is 20.5 Å². The highest BCUT2D eigenvalue weighted by Crippen LogP contribution is 2.08. The van der Waals surface area contributed by atoms with Crippen molar-refractivity contribution in [3.05, 3.63) is 11.9 Å². The Labute approximate surface area is 140 Å². The summed E-state index contributed by atoms with van der Waals surface area (Å²) < 4.78 is 6.54. The van der Waals surface area contributed by atoms with Gasteiger partial charge in [-0.1, -0.05) is 11.6 Å². The molecule has 1 aromatic rings. The topological polar surface area (TPSA) is 92.6 Å². The van der Waals surface area contributed by atoms with Gasteiger partial charge < -0.3 is 19.9 Å². The van der Waals surface area contributed by atoms with Crippen molar-refractivity contribution in [3.8, 4) is 0 Å². The van der Waals surface area contributed by atoms with Gasteiger partial charge in [-0.15, -0.1) is 5.10 Å². The fourth-order valence-electron chi connectivity index (χ4n) is 2.96. The van der Waals surface area contributed by atoms with Crippen LogP contribution in [0.1, 0.15) is 29.8 Å². The van der Waals surface area contributed by atoms with Gasteiger partial charge in [0.25, 0.3) is 5.91 Å². The second-order valence-corrected chi connectivity index (χ2v) is 6.13. The van der Waals surface area contributed by atoms with Crippen molar-refractivity contribution in [2.75, 3.05) is 45.9 Å². The minimum Gasteiger partial charge on any atom is -0.448 e. The molecule has 0 bridgehead atoms. The Morgan fingerprint density at radius 2 is 2.00 bits per heavy atom. The molecule has 2 amide bonds. The Morgan fingerprint density at radius 1 is 1.17 bits per heavy atom. The molecule has 2 fully saturated rings. The first kappa shape index (κ1) is 16.7. The van der Waals surface area contributed by atoms with Crippen molar-refractivity contribution < 1.29 is 14.3 Å². The highest BCUT2D eigenvalue weighted by atomic mass is 16.6. The maximum Gasteiger partial charge on any atom is 0.409 e. The number of hydrogen-bond acceptors (Lipinski definition) is 6. The second kappa shape index (κ2) is 8.09. The molecule has 3 rings (SSSR count). The third-order valence-corrected chi connectivity index (χ3v) is 4.38. The Morgan fingerprint density at radius 3 is 2.75 bits per heavy atom. The van der Waals surface area contributed by atoms with E-state index in [9.17, 15) is 9.59 Å². The predicted octanol–water partition coefficient (Wildman–Crippen LogP) is -0.0540. The van der Waals surface area contributed by atoms with Gasteiger partial charge in [-0.3, -0.25) is 9.48 Å². The van der Waals surface area contributed by atoms with E-state index < -0.39 is 0 Å². The number of rotatable bonds is 7. The Hall–Kier alpha value is -2.16. The molecule has 2 aliphatic rings. The number of piperidine rings is 1. The number of carbonyl (C=O) groups excluding carboxylic acids is 2. The van der Waals surface area contributed by atoms with E-state index >= 15 is 0 Å². The molecular formula is C15H24N6O3. The molecule has 9 heteroatoms. The molecule has 2 aliphatic heterocycles. The van der Waals surface area contributed by atoms with Gasteiger partial charge in [-0.2, -0.15) is 0 Å². The number of amides is 2. The van der Waals surface area contributed by atoms with Gasteiger partial charge in [0.15, 0.2) is 5.69 Å². The van der Waals surface area contributed by atoms with Crippen molar-refractivity contribution >= 4 is 12.0 Å². The van der Waals surface area contributed by atoms with E-state index in [0.29, 0.717) is 31.9 Å². The number of nitrogens with one attached hydrogen (secondary N) is 1. The van der Waals surface area contributed by atoms with Gasteiger partial charge in [0.1, 0.15) is 6.61 Å². The Kier molecular flexibility index (Phi) is 5.63. The smallest absolute Gasteiger partial charge is 0.409 e. The normalized spacial score (nSPS) is 18.7. The summed E-state index contributed by atoms with van der Waals surface area (Å²) in [7, 11) is 0. The van der Waals surface area contributed by atoms with Crippen LogP contribution in [0.4, 0.5) is 4.79 Å². The molecule has 0 saturated carbocycles. The predicted molar refractivity (Wildman–Crippen MR) is 85.6 cm³/mol. The maximum absolute atomic E-state index is 12.0. The number of hydrogen-bond donors (Lipinski definition) is 1. The lowest BCUT2D eigenvalue weighted by molar-refractivity contribution is 0.0943. The zero-order chi connectivity index (χ0) is 16.8. The molecule has 1 aromatic heterocycles. The minimum absolute atomic E-state index is 0.271. The van der Waals surface area contributed by atoms with Crippen molar-refractivity contribution in [3.63, 3.8) is 0 Å². The van der Waals surface area contributed by atoms with E-state index in [1.54, 1.807) is 15.8 Å². The Bertz CT molecular complexity index is 569. The first-order chi connectivity index (χ1) is 11.7. The lowest BCUT2D eigenvalue weighted by atomic mass is 10.1. The van der Waals surface area contributed by atoms with Gasteiger partial charge in [0.05, 0.1) is 19.3 Å². The van der Waals surface area contributed by atoms with Crippen LogP contribution in [0, 0.1) is 0 Å². The van der Waals surface area contributed by atoms with Crippen LogP contribution in [0.15, 0.2) is 6.20 Å². The number of carbonyl (C=O) groups is 2. The summed E-state index contributed by atoms with van der Waals surface area (Å²) in [6.07, 6.45) is 5.18. The van der Waals surface area contributed by atoms with Gasteiger partial charge in [-0.05, 0) is 25.9 Å². The van der Waals surface area contributed by atoms with E-state index in [4.69, 9.17) is 4.74 Å². The molecule has 24 heavy (non-hydrogen) atoms. The fourth-order valence-corrected chi connectivity index (χ4v) is 2.96. The van der Waals surface area contributed by atoms with Crippen molar-refractivity contribution in [1.29, 1.82) is 0 Å². The molecule has 3 heterocycles. The monoisotopic (exact) mass is 336 g/mol. The van der Waals surface area contributed by atoms with Crippen LogP contribution in [-0.4, -0.2) is 82.7 Å². The number of aromatic nitrogens is 3. The molecule has 0 spiro atoms. The number of ether oxygens (including phenoxy) is 1. The molecule has 0 aliphatic carbocycles. The van der Waals surface area contributed by atoms with Crippen LogP contribution in [-0.2, 0) is 11.3 Å². The van der Waals surface area contributed by atoms with Crippen LogP contribution in [0.3, 0.4) is 0 Å². The fraction of sp³-hybridized carbons (Fsp3) is 0.733. The standard InChI is InChI=1S/C15H24N6O3/c22-14(16-4-7-20-10-11-24-15(20)23)13-12-21(18-17-13)9-8-19-5-2-1-3-6-19/h12H,1-11H2,(H,16,22). The first-order valence-corrected chi connectivity index (χ1v) is 8.55. The molecule has 2 saturated heterocycles. The van der Waals surface area contributed by atoms with Crippen molar-refractivity contribution in [2.24, 2.45) is 0 Å². The number of likely N-dealkylation sites (tertiary alicyclic amines) is 1. The maximum atomic E-state index is 12.0. The van der Waals surface area contributed by atoms with Crippen molar-refractivity contribution in [2.45, 2.75) is 25.8 Å². The van der Waals surface area contributed by atoms with Crippen LogP contribution in [0.2, 0.25) is 0 Å². The average molecular weight is 336 g/mol. The third-order valence-electron chi connectivity index (χ3n) is 4.38.